The minimum absolute atomic E-state index is 0.563. The summed E-state index contributed by atoms with van der Waals surface area (Å²) >= 11 is 0. The largest absolute Gasteiger partial charge is 0.309 e. The van der Waals surface area contributed by atoms with Gasteiger partial charge in [-0.1, -0.05) is 158 Å². The van der Waals surface area contributed by atoms with Crippen molar-refractivity contribution in [3.05, 3.63) is 207 Å². The van der Waals surface area contributed by atoms with E-state index in [0.29, 0.717) is 17.6 Å². The summed E-state index contributed by atoms with van der Waals surface area (Å²) in [6.07, 6.45) is 7.66. The fraction of sp³-hybridized carbons (Fsp3) is 0.0192. The van der Waals surface area contributed by atoms with Gasteiger partial charge in [0.05, 0.1) is 22.1 Å². The second-order valence-corrected chi connectivity index (χ2v) is 14.1. The first-order valence-electron chi connectivity index (χ1n) is 19.2. The zero-order chi connectivity index (χ0) is 38.3. The molecule has 10 aromatic rings. The van der Waals surface area contributed by atoms with Crippen LogP contribution in [0, 0.1) is 0 Å². The summed E-state index contributed by atoms with van der Waals surface area (Å²) in [5, 5.41) is 4.76. The van der Waals surface area contributed by atoms with Crippen molar-refractivity contribution >= 4 is 49.2 Å². The van der Waals surface area contributed by atoms with E-state index in [-0.39, 0.29) is 0 Å². The molecule has 0 bridgehead atoms. The summed E-state index contributed by atoms with van der Waals surface area (Å²) in [6, 6.07) is 60.2. The molecule has 0 saturated heterocycles. The summed E-state index contributed by atoms with van der Waals surface area (Å²) in [7, 11) is 0. The highest BCUT2D eigenvalue weighted by Crippen LogP contribution is 2.37. The van der Waals surface area contributed by atoms with Gasteiger partial charge in [-0.25, -0.2) is 4.98 Å². The van der Waals surface area contributed by atoms with Crippen LogP contribution in [-0.4, -0.2) is 24.1 Å². The molecule has 0 aliphatic rings. The molecule has 7 aromatic carbocycles. The van der Waals surface area contributed by atoms with Gasteiger partial charge < -0.3 is 4.57 Å². The first kappa shape index (κ1) is 33.9. The molecule has 10 rings (SSSR count). The number of hydrogen-bond acceptors (Lipinski definition) is 3. The van der Waals surface area contributed by atoms with Crippen molar-refractivity contribution < 1.29 is 0 Å². The van der Waals surface area contributed by atoms with Gasteiger partial charge in [-0.2, -0.15) is 9.97 Å². The zero-order valence-electron chi connectivity index (χ0n) is 31.4. The lowest BCUT2D eigenvalue weighted by atomic mass is 9.98. The summed E-state index contributed by atoms with van der Waals surface area (Å²) in [4.78, 5) is 15.2. The van der Waals surface area contributed by atoms with E-state index in [1.165, 1.54) is 32.9 Å². The number of allylic oxidation sites excluding steroid dienone is 5. The van der Waals surface area contributed by atoms with E-state index >= 15 is 0 Å². The van der Waals surface area contributed by atoms with Crippen molar-refractivity contribution in [3.63, 3.8) is 0 Å². The van der Waals surface area contributed by atoms with E-state index in [2.05, 4.69) is 155 Å². The second-order valence-electron chi connectivity index (χ2n) is 14.1. The average Bonchev–Trinajstić information content (AvgIpc) is 3.79. The molecule has 270 valence electrons. The second kappa shape index (κ2) is 14.2. The predicted octanol–water partition coefficient (Wildman–Crippen LogP) is 13.2. The Hall–Kier alpha value is -7.63. The maximum absolute atomic E-state index is 5.12. The third kappa shape index (κ3) is 5.94. The Kier molecular flexibility index (Phi) is 8.46. The molecule has 0 spiro atoms. The molecule has 0 fully saturated rings. The summed E-state index contributed by atoms with van der Waals surface area (Å²) in [6.45, 7) is 5.86. The highest BCUT2D eigenvalue weighted by atomic mass is 15.2. The Labute approximate surface area is 330 Å². The minimum Gasteiger partial charge on any atom is -0.309 e. The topological polar surface area (TPSA) is 48.5 Å². The normalized spacial score (nSPS) is 12.1. The third-order valence-electron chi connectivity index (χ3n) is 10.7. The monoisotopic (exact) mass is 731 g/mol. The molecule has 0 atom stereocenters. The first-order chi connectivity index (χ1) is 28.2. The van der Waals surface area contributed by atoms with Crippen LogP contribution in [0.15, 0.2) is 201 Å². The van der Waals surface area contributed by atoms with Crippen molar-refractivity contribution in [3.8, 4) is 45.3 Å². The number of aromatic nitrogens is 5. The van der Waals surface area contributed by atoms with E-state index in [9.17, 15) is 0 Å². The number of hydrogen-bond donors (Lipinski definition) is 0. The van der Waals surface area contributed by atoms with Crippen molar-refractivity contribution in [2.24, 2.45) is 0 Å². The van der Waals surface area contributed by atoms with Gasteiger partial charge in [0.15, 0.2) is 11.6 Å². The quantitative estimate of drug-likeness (QED) is 0.146. The molecule has 0 aliphatic carbocycles. The predicted molar refractivity (Wildman–Crippen MR) is 238 cm³/mol. The number of nitrogens with zero attached hydrogens (tertiary/aromatic N) is 5. The zero-order valence-corrected chi connectivity index (χ0v) is 31.4. The van der Waals surface area contributed by atoms with Crippen LogP contribution in [-0.2, 0) is 0 Å². The van der Waals surface area contributed by atoms with Gasteiger partial charge >= 0.3 is 0 Å². The van der Waals surface area contributed by atoms with Gasteiger partial charge in [-0.3, -0.25) is 4.57 Å². The lowest BCUT2D eigenvalue weighted by Gasteiger charge is -2.12. The molecule has 0 N–H and O–H groups in total. The van der Waals surface area contributed by atoms with Gasteiger partial charge in [0, 0.05) is 38.4 Å². The van der Waals surface area contributed by atoms with Crippen LogP contribution >= 0.6 is 0 Å². The van der Waals surface area contributed by atoms with Crippen molar-refractivity contribution in [2.75, 3.05) is 0 Å². The van der Waals surface area contributed by atoms with Gasteiger partial charge in [0.25, 0.3) is 0 Å². The van der Waals surface area contributed by atoms with Gasteiger partial charge in [0.2, 0.25) is 5.95 Å². The molecule has 0 saturated carbocycles. The van der Waals surface area contributed by atoms with E-state index < -0.39 is 0 Å². The standard InChI is InChI=1S/C52H37N5/c1-3-5-16-35(4-2)50-53-51(38-17-8-6-9-18-38)55-52(54-50)57-47-24-15-12-21-42(47)44-31-29-40(34-49(44)57)37-27-25-36(26-28-37)39-30-32-48-45(33-39)43-22-13-14-23-46(43)56(48)41-19-10-7-11-20-41/h3-34H,1H2,2H3/b16-5-,35-4+. The highest BCUT2D eigenvalue weighted by molar-refractivity contribution is 6.11. The van der Waals surface area contributed by atoms with Gasteiger partial charge in [-0.15, -0.1) is 0 Å². The Morgan fingerprint density at radius 1 is 0.474 bits per heavy atom. The fourth-order valence-electron chi connectivity index (χ4n) is 8.01. The van der Waals surface area contributed by atoms with E-state index in [4.69, 9.17) is 15.0 Å². The summed E-state index contributed by atoms with van der Waals surface area (Å²) in [5.74, 6) is 1.77. The Morgan fingerprint density at radius 3 is 1.74 bits per heavy atom. The van der Waals surface area contributed by atoms with Crippen LogP contribution < -0.4 is 0 Å². The molecule has 3 heterocycles. The van der Waals surface area contributed by atoms with Gasteiger partial charge in [-0.05, 0) is 71.6 Å². The van der Waals surface area contributed by atoms with Crippen LogP contribution in [0.5, 0.6) is 0 Å². The average molecular weight is 732 g/mol. The molecule has 57 heavy (non-hydrogen) atoms. The fourth-order valence-corrected chi connectivity index (χ4v) is 8.01. The highest BCUT2D eigenvalue weighted by Gasteiger charge is 2.19. The molecule has 0 aliphatic heterocycles. The minimum atomic E-state index is 0.563. The van der Waals surface area contributed by atoms with Crippen LogP contribution in [0.4, 0.5) is 0 Å². The lowest BCUT2D eigenvalue weighted by molar-refractivity contribution is 0.932. The lowest BCUT2D eigenvalue weighted by Crippen LogP contribution is -2.07. The van der Waals surface area contributed by atoms with Crippen LogP contribution in [0.3, 0.4) is 0 Å². The van der Waals surface area contributed by atoms with E-state index in [1.807, 2.05) is 55.5 Å². The van der Waals surface area contributed by atoms with Crippen LogP contribution in [0.1, 0.15) is 12.7 Å². The van der Waals surface area contributed by atoms with E-state index in [0.717, 1.165) is 49.8 Å². The summed E-state index contributed by atoms with van der Waals surface area (Å²) in [5.41, 5.74) is 12.0. The number of para-hydroxylation sites is 3. The molecule has 0 unspecified atom stereocenters. The molecule has 5 heteroatoms. The van der Waals surface area contributed by atoms with Crippen LogP contribution in [0.2, 0.25) is 0 Å². The Balaban J connectivity index is 1.08. The SMILES string of the molecule is C=C/C=C\C(=C/C)c1nc(-c2ccccc2)nc(-n2c3ccccc3c3ccc(-c4ccc(-c5ccc6c(c5)c5ccccc5n6-c5ccccc5)cc4)cc32)n1. The molecule has 5 nitrogen and oxygen atoms in total. The van der Waals surface area contributed by atoms with Crippen LogP contribution in [0.25, 0.3) is 94.5 Å². The van der Waals surface area contributed by atoms with Crippen molar-refractivity contribution in [2.45, 2.75) is 6.92 Å². The first-order valence-corrected chi connectivity index (χ1v) is 19.2. The van der Waals surface area contributed by atoms with Gasteiger partial charge in [0.1, 0.15) is 0 Å². The maximum Gasteiger partial charge on any atom is 0.238 e. The molecular weight excluding hydrogens is 695 g/mol. The Morgan fingerprint density at radius 2 is 1.04 bits per heavy atom. The van der Waals surface area contributed by atoms with E-state index in [1.54, 1.807) is 6.08 Å². The smallest absolute Gasteiger partial charge is 0.238 e. The third-order valence-corrected chi connectivity index (χ3v) is 10.7. The number of fused-ring (bicyclic) bond motifs is 6. The molecule has 0 radical (unpaired) electrons. The maximum atomic E-state index is 5.12. The molecular formula is C52H37N5. The number of benzene rings is 7. The Bertz CT molecular complexity index is 3180. The summed E-state index contributed by atoms with van der Waals surface area (Å²) < 4.78 is 4.53. The van der Waals surface area contributed by atoms with Crippen molar-refractivity contribution in [1.29, 1.82) is 0 Å². The molecule has 0 amide bonds. The number of rotatable bonds is 8. The molecule has 3 aromatic heterocycles. The van der Waals surface area contributed by atoms with Crippen molar-refractivity contribution in [1.82, 2.24) is 24.1 Å².